The largest absolute Gasteiger partial charge is 0.481 e. The molecule has 0 aliphatic carbocycles. The lowest BCUT2D eigenvalue weighted by atomic mass is 10.3. The van der Waals surface area contributed by atoms with E-state index in [4.69, 9.17) is 9.84 Å². The first-order valence-electron chi connectivity index (χ1n) is 4.97. The molecule has 0 bridgehead atoms. The Bertz CT molecular complexity index is 558. The molecule has 2 rings (SSSR count). The van der Waals surface area contributed by atoms with Crippen LogP contribution in [0.1, 0.15) is 0 Å². The standard InChI is InChI=1S/C10H10N4O3S/c1-17-7-4-2-3-6(11-7)9-12-10(14-13-9)18-5-8(15)16/h2-4H,5H2,1H3,(H,15,16)(H,12,13,14). The van der Waals surface area contributed by atoms with Crippen molar-refractivity contribution in [2.24, 2.45) is 0 Å². The summed E-state index contributed by atoms with van der Waals surface area (Å²) in [6, 6.07) is 5.27. The van der Waals surface area contributed by atoms with Crippen LogP contribution >= 0.6 is 11.8 Å². The second kappa shape index (κ2) is 5.50. The maximum absolute atomic E-state index is 10.4. The molecule has 0 saturated carbocycles. The van der Waals surface area contributed by atoms with Crippen molar-refractivity contribution < 1.29 is 14.6 Å². The highest BCUT2D eigenvalue weighted by molar-refractivity contribution is 7.99. The molecule has 0 amide bonds. The van der Waals surface area contributed by atoms with Crippen molar-refractivity contribution in [3.63, 3.8) is 0 Å². The van der Waals surface area contributed by atoms with Gasteiger partial charge in [0.25, 0.3) is 0 Å². The Balaban J connectivity index is 2.15. The Labute approximate surface area is 107 Å². The van der Waals surface area contributed by atoms with Gasteiger partial charge in [-0.05, 0) is 6.07 Å². The smallest absolute Gasteiger partial charge is 0.313 e. The van der Waals surface area contributed by atoms with Crippen LogP contribution in [0.4, 0.5) is 0 Å². The van der Waals surface area contributed by atoms with Crippen LogP contribution in [0.25, 0.3) is 11.5 Å². The molecule has 2 heterocycles. The fourth-order valence-electron chi connectivity index (χ4n) is 1.21. The number of rotatable bonds is 5. The number of H-pyrrole nitrogens is 1. The molecule has 0 aromatic carbocycles. The number of hydrogen-bond acceptors (Lipinski definition) is 6. The molecule has 2 aromatic rings. The Hall–Kier alpha value is -2.09. The highest BCUT2D eigenvalue weighted by Crippen LogP contribution is 2.19. The predicted molar refractivity (Wildman–Crippen MR) is 64.5 cm³/mol. The number of carbonyl (C=O) groups is 1. The molecule has 18 heavy (non-hydrogen) atoms. The molecule has 0 radical (unpaired) electrons. The number of carboxylic acid groups (broad SMARTS) is 1. The van der Waals surface area contributed by atoms with Gasteiger partial charge in [-0.3, -0.25) is 9.89 Å². The summed E-state index contributed by atoms with van der Waals surface area (Å²) >= 11 is 1.04. The first-order chi connectivity index (χ1) is 8.69. The van der Waals surface area contributed by atoms with Gasteiger partial charge in [0.15, 0.2) is 5.82 Å². The molecule has 0 atom stereocenters. The molecular weight excluding hydrogens is 256 g/mol. The Morgan fingerprint density at radius 3 is 3.06 bits per heavy atom. The van der Waals surface area contributed by atoms with E-state index >= 15 is 0 Å². The predicted octanol–water partition coefficient (Wildman–Crippen LogP) is 1.05. The third-order valence-electron chi connectivity index (χ3n) is 1.96. The number of methoxy groups -OCH3 is 1. The van der Waals surface area contributed by atoms with Crippen molar-refractivity contribution in [2.45, 2.75) is 5.16 Å². The molecular formula is C10H10N4O3S. The average molecular weight is 266 g/mol. The van der Waals surface area contributed by atoms with E-state index in [9.17, 15) is 4.79 Å². The van der Waals surface area contributed by atoms with Crippen molar-refractivity contribution in [3.05, 3.63) is 18.2 Å². The van der Waals surface area contributed by atoms with Gasteiger partial charge in [0.1, 0.15) is 5.69 Å². The summed E-state index contributed by atoms with van der Waals surface area (Å²) < 4.78 is 5.01. The zero-order valence-electron chi connectivity index (χ0n) is 9.45. The number of aliphatic carboxylic acids is 1. The fraction of sp³-hybridized carbons (Fsp3) is 0.200. The minimum absolute atomic E-state index is 0.0805. The molecule has 0 unspecified atom stereocenters. The molecule has 94 valence electrons. The third-order valence-corrected chi connectivity index (χ3v) is 2.80. The van der Waals surface area contributed by atoms with Gasteiger partial charge in [-0.15, -0.1) is 5.10 Å². The van der Waals surface area contributed by atoms with Crippen molar-refractivity contribution >= 4 is 17.7 Å². The van der Waals surface area contributed by atoms with Crippen LogP contribution < -0.4 is 4.74 Å². The van der Waals surface area contributed by atoms with Gasteiger partial charge < -0.3 is 9.84 Å². The van der Waals surface area contributed by atoms with Crippen LogP contribution in [0.15, 0.2) is 23.4 Å². The van der Waals surface area contributed by atoms with E-state index < -0.39 is 5.97 Å². The van der Waals surface area contributed by atoms with E-state index in [1.165, 1.54) is 7.11 Å². The van der Waals surface area contributed by atoms with Crippen LogP contribution in [-0.4, -0.2) is 44.1 Å². The van der Waals surface area contributed by atoms with Crippen LogP contribution in [0.3, 0.4) is 0 Å². The molecule has 0 aliphatic heterocycles. The molecule has 0 aliphatic rings. The number of hydrogen-bond donors (Lipinski definition) is 2. The Morgan fingerprint density at radius 2 is 2.33 bits per heavy atom. The minimum atomic E-state index is -0.911. The van der Waals surface area contributed by atoms with Crippen LogP contribution in [-0.2, 0) is 4.79 Å². The molecule has 0 saturated heterocycles. The molecule has 2 aromatic heterocycles. The topological polar surface area (TPSA) is 101 Å². The molecule has 7 nitrogen and oxygen atoms in total. The van der Waals surface area contributed by atoms with Crippen molar-refractivity contribution in [2.75, 3.05) is 12.9 Å². The van der Waals surface area contributed by atoms with E-state index in [1.54, 1.807) is 18.2 Å². The number of aromatic amines is 1. The Morgan fingerprint density at radius 1 is 1.50 bits per heavy atom. The monoisotopic (exact) mass is 266 g/mol. The van der Waals surface area contributed by atoms with Gasteiger partial charge in [-0.2, -0.15) is 4.98 Å². The van der Waals surface area contributed by atoms with E-state index in [-0.39, 0.29) is 5.75 Å². The summed E-state index contributed by atoms with van der Waals surface area (Å²) in [5.74, 6) is -0.0423. The summed E-state index contributed by atoms with van der Waals surface area (Å²) in [6.07, 6.45) is 0. The zero-order chi connectivity index (χ0) is 13.0. The van der Waals surface area contributed by atoms with E-state index in [0.717, 1.165) is 11.8 Å². The van der Waals surface area contributed by atoms with Gasteiger partial charge in [0.2, 0.25) is 11.0 Å². The normalized spacial score (nSPS) is 10.3. The van der Waals surface area contributed by atoms with Gasteiger partial charge in [0.05, 0.1) is 12.9 Å². The van der Waals surface area contributed by atoms with Gasteiger partial charge in [-0.25, -0.2) is 4.98 Å². The van der Waals surface area contributed by atoms with Crippen molar-refractivity contribution in [1.82, 2.24) is 20.2 Å². The third kappa shape index (κ3) is 2.98. The number of ether oxygens (including phenoxy) is 1. The van der Waals surface area contributed by atoms with Crippen LogP contribution in [0.5, 0.6) is 5.88 Å². The first kappa shape index (κ1) is 12.4. The zero-order valence-corrected chi connectivity index (χ0v) is 10.3. The molecule has 0 fully saturated rings. The second-order valence-electron chi connectivity index (χ2n) is 3.21. The van der Waals surface area contributed by atoms with Gasteiger partial charge in [-0.1, -0.05) is 17.8 Å². The number of carboxylic acids is 1. The van der Waals surface area contributed by atoms with Gasteiger partial charge >= 0.3 is 5.97 Å². The Kier molecular flexibility index (Phi) is 3.78. The maximum atomic E-state index is 10.4. The lowest BCUT2D eigenvalue weighted by Crippen LogP contribution is -1.97. The summed E-state index contributed by atoms with van der Waals surface area (Å²) in [7, 11) is 1.53. The van der Waals surface area contributed by atoms with E-state index in [2.05, 4.69) is 20.2 Å². The number of thioether (sulfide) groups is 1. The highest BCUT2D eigenvalue weighted by Gasteiger charge is 2.09. The molecule has 0 spiro atoms. The SMILES string of the molecule is COc1cccc(-c2nc(SCC(=O)O)n[nH]2)n1. The fourth-order valence-corrected chi connectivity index (χ4v) is 1.73. The number of nitrogens with zero attached hydrogens (tertiary/aromatic N) is 3. The number of pyridine rings is 1. The summed E-state index contributed by atoms with van der Waals surface area (Å²) in [5, 5.41) is 15.5. The molecule has 2 N–H and O–H groups in total. The van der Waals surface area contributed by atoms with Crippen molar-refractivity contribution in [1.29, 1.82) is 0 Å². The summed E-state index contributed by atoms with van der Waals surface area (Å²) in [4.78, 5) is 18.7. The minimum Gasteiger partial charge on any atom is -0.481 e. The molecule has 8 heteroatoms. The summed E-state index contributed by atoms with van der Waals surface area (Å²) in [6.45, 7) is 0. The lowest BCUT2D eigenvalue weighted by Gasteiger charge is -1.99. The first-order valence-corrected chi connectivity index (χ1v) is 5.96. The second-order valence-corrected chi connectivity index (χ2v) is 4.16. The number of aromatic nitrogens is 4. The van der Waals surface area contributed by atoms with Crippen LogP contribution in [0.2, 0.25) is 0 Å². The summed E-state index contributed by atoms with van der Waals surface area (Å²) in [5.41, 5.74) is 0.587. The number of nitrogens with one attached hydrogen (secondary N) is 1. The average Bonchev–Trinajstić information content (AvgIpc) is 2.85. The highest BCUT2D eigenvalue weighted by atomic mass is 32.2. The van der Waals surface area contributed by atoms with Gasteiger partial charge in [0, 0.05) is 6.07 Å². The maximum Gasteiger partial charge on any atom is 0.313 e. The van der Waals surface area contributed by atoms with E-state index in [1.807, 2.05) is 0 Å². The quantitative estimate of drug-likeness (QED) is 0.780. The van der Waals surface area contributed by atoms with Crippen molar-refractivity contribution in [3.8, 4) is 17.4 Å². The lowest BCUT2D eigenvalue weighted by molar-refractivity contribution is -0.133. The van der Waals surface area contributed by atoms with Crippen LogP contribution in [0, 0.1) is 0 Å². The van der Waals surface area contributed by atoms with E-state index in [0.29, 0.717) is 22.6 Å².